The molecule has 26 heavy (non-hydrogen) atoms. The van der Waals surface area contributed by atoms with E-state index in [0.717, 1.165) is 30.5 Å². The number of ether oxygens (including phenoxy) is 1. The Hall–Kier alpha value is -1.27. The molecule has 0 saturated carbocycles. The van der Waals surface area contributed by atoms with Crippen molar-refractivity contribution in [3.63, 3.8) is 0 Å². The monoisotopic (exact) mass is 371 g/mol. The Balaban J connectivity index is 1.87. The first-order chi connectivity index (χ1) is 12.2. The molecule has 3 atom stereocenters. The molecule has 2 heterocycles. The van der Waals surface area contributed by atoms with E-state index in [1.807, 2.05) is 12.1 Å². The van der Waals surface area contributed by atoms with Gasteiger partial charge in [0, 0.05) is 25.0 Å². The summed E-state index contributed by atoms with van der Waals surface area (Å²) in [6.07, 6.45) is -3.00. The number of methoxy groups -OCH3 is 1. The molecule has 6 heteroatoms. The average Bonchev–Trinajstić information content (AvgIpc) is 2.87. The maximum atomic E-state index is 12.6. The topological polar surface area (TPSA) is 32.7 Å². The zero-order valence-corrected chi connectivity index (χ0v) is 15.6. The third-order valence-electron chi connectivity index (χ3n) is 5.67. The van der Waals surface area contributed by atoms with Crippen LogP contribution in [0.15, 0.2) is 12.1 Å². The summed E-state index contributed by atoms with van der Waals surface area (Å²) in [6.45, 7) is 5.17. The van der Waals surface area contributed by atoms with Gasteiger partial charge in [0.25, 0.3) is 0 Å². The van der Waals surface area contributed by atoms with Gasteiger partial charge in [-0.2, -0.15) is 13.2 Å². The van der Waals surface area contributed by atoms with Gasteiger partial charge < -0.3 is 9.84 Å². The van der Waals surface area contributed by atoms with Gasteiger partial charge in [0.15, 0.2) is 0 Å². The van der Waals surface area contributed by atoms with Crippen molar-refractivity contribution >= 4 is 0 Å². The second-order valence-electron chi connectivity index (χ2n) is 7.98. The van der Waals surface area contributed by atoms with Gasteiger partial charge in [-0.05, 0) is 54.4 Å². The van der Waals surface area contributed by atoms with E-state index in [1.165, 1.54) is 7.11 Å². The van der Waals surface area contributed by atoms with Gasteiger partial charge in [-0.1, -0.05) is 19.9 Å². The number of alkyl halides is 3. The van der Waals surface area contributed by atoms with Gasteiger partial charge in [0.05, 0.1) is 13.2 Å². The van der Waals surface area contributed by atoms with E-state index in [4.69, 9.17) is 4.74 Å². The molecule has 1 N–H and O–H groups in total. The van der Waals surface area contributed by atoms with Gasteiger partial charge in [-0.25, -0.2) is 0 Å². The number of halogens is 3. The van der Waals surface area contributed by atoms with Crippen molar-refractivity contribution in [2.75, 3.05) is 13.7 Å². The molecule has 0 aliphatic carbocycles. The second kappa shape index (κ2) is 7.39. The molecular weight excluding hydrogens is 343 g/mol. The lowest BCUT2D eigenvalue weighted by Crippen LogP contribution is -2.40. The van der Waals surface area contributed by atoms with E-state index < -0.39 is 12.6 Å². The first-order valence-electron chi connectivity index (χ1n) is 9.40. The van der Waals surface area contributed by atoms with Gasteiger partial charge in [0.1, 0.15) is 5.75 Å². The van der Waals surface area contributed by atoms with E-state index in [2.05, 4.69) is 18.7 Å². The lowest BCUT2D eigenvalue weighted by molar-refractivity contribution is -0.134. The minimum absolute atomic E-state index is 0.0626. The molecule has 1 aromatic carbocycles. The number of aliphatic hydroxyl groups is 1. The van der Waals surface area contributed by atoms with E-state index in [-0.39, 0.29) is 24.6 Å². The van der Waals surface area contributed by atoms with Crippen LogP contribution in [-0.2, 0) is 12.8 Å². The molecule has 0 aromatic heterocycles. The Morgan fingerprint density at radius 2 is 2.04 bits per heavy atom. The van der Waals surface area contributed by atoms with Crippen molar-refractivity contribution in [3.8, 4) is 5.75 Å². The summed E-state index contributed by atoms with van der Waals surface area (Å²) < 4.78 is 43.2. The molecule has 3 nitrogen and oxygen atoms in total. The summed E-state index contributed by atoms with van der Waals surface area (Å²) in [7, 11) is 1.50. The number of hydrogen-bond donors (Lipinski definition) is 1. The Morgan fingerprint density at radius 1 is 1.31 bits per heavy atom. The Kier molecular flexibility index (Phi) is 5.54. The third-order valence-corrected chi connectivity index (χ3v) is 5.67. The Bertz CT molecular complexity index is 645. The highest BCUT2D eigenvalue weighted by Crippen LogP contribution is 2.44. The van der Waals surface area contributed by atoms with Crippen LogP contribution < -0.4 is 4.74 Å². The predicted octanol–water partition coefficient (Wildman–Crippen LogP) is 4.27. The molecule has 2 aliphatic rings. The zero-order chi connectivity index (χ0) is 19.1. The third kappa shape index (κ3) is 4.01. The molecule has 2 aliphatic heterocycles. The molecule has 2 unspecified atom stereocenters. The number of benzene rings is 1. The van der Waals surface area contributed by atoms with Crippen molar-refractivity contribution in [1.82, 2.24) is 4.90 Å². The molecule has 0 amide bonds. The second-order valence-corrected chi connectivity index (χ2v) is 7.98. The van der Waals surface area contributed by atoms with Crippen molar-refractivity contribution < 1.29 is 23.0 Å². The van der Waals surface area contributed by atoms with Crippen molar-refractivity contribution in [2.24, 2.45) is 5.92 Å². The quantitative estimate of drug-likeness (QED) is 0.839. The maximum absolute atomic E-state index is 12.6. The van der Waals surface area contributed by atoms with Crippen LogP contribution in [0.1, 0.15) is 55.8 Å². The van der Waals surface area contributed by atoms with Crippen molar-refractivity contribution in [2.45, 2.75) is 70.3 Å². The van der Waals surface area contributed by atoms with Crippen LogP contribution in [-0.4, -0.2) is 42.0 Å². The number of nitrogens with zero attached hydrogens (tertiary/aromatic N) is 1. The molecule has 0 bridgehead atoms. The molecule has 3 rings (SSSR count). The highest BCUT2D eigenvalue weighted by atomic mass is 19.4. The fourth-order valence-electron chi connectivity index (χ4n) is 4.51. The fraction of sp³-hybridized carbons (Fsp3) is 0.700. The van der Waals surface area contributed by atoms with E-state index >= 15 is 0 Å². The first kappa shape index (κ1) is 19.5. The largest absolute Gasteiger partial charge is 0.496 e. The van der Waals surface area contributed by atoms with Crippen LogP contribution >= 0.6 is 0 Å². The average molecular weight is 371 g/mol. The number of aryl methyl sites for hydroxylation is 1. The zero-order valence-electron chi connectivity index (χ0n) is 15.6. The first-order valence-corrected chi connectivity index (χ1v) is 9.40. The van der Waals surface area contributed by atoms with Gasteiger partial charge in [0.2, 0.25) is 0 Å². The molecule has 0 radical (unpaired) electrons. The summed E-state index contributed by atoms with van der Waals surface area (Å²) in [4.78, 5) is 2.38. The number of fused-ring (bicyclic) bond motifs is 3. The number of hydrogen-bond acceptors (Lipinski definition) is 3. The molecule has 0 spiro atoms. The van der Waals surface area contributed by atoms with Crippen LogP contribution in [0.3, 0.4) is 0 Å². The molecule has 1 aromatic rings. The Morgan fingerprint density at radius 3 is 2.65 bits per heavy atom. The lowest BCUT2D eigenvalue weighted by atomic mass is 9.89. The summed E-state index contributed by atoms with van der Waals surface area (Å²) in [5, 5.41) is 10.6. The van der Waals surface area contributed by atoms with Gasteiger partial charge in [-0.15, -0.1) is 0 Å². The van der Waals surface area contributed by atoms with E-state index in [1.54, 1.807) is 0 Å². The standard InChI is InChI=1S/C20H28F3NO2/c1-12(2)8-17-18(25)11-16-15-10-19(26-3)14(4-6-20(21,22)23)9-13(15)5-7-24(16)17/h9-10,12,16-18,25H,4-8,11H2,1-3H3/t16?,17-,18?/m1/s1. The molecule has 1 saturated heterocycles. The van der Waals surface area contributed by atoms with Gasteiger partial charge in [-0.3, -0.25) is 4.90 Å². The van der Waals surface area contributed by atoms with E-state index in [0.29, 0.717) is 23.7 Å². The van der Waals surface area contributed by atoms with Gasteiger partial charge >= 0.3 is 6.18 Å². The van der Waals surface area contributed by atoms with Crippen molar-refractivity contribution in [1.29, 1.82) is 0 Å². The van der Waals surface area contributed by atoms with Crippen LogP contribution in [0.4, 0.5) is 13.2 Å². The predicted molar refractivity (Wildman–Crippen MR) is 94.4 cm³/mol. The van der Waals surface area contributed by atoms with Crippen LogP contribution in [0.2, 0.25) is 0 Å². The molecular formula is C20H28F3NO2. The summed E-state index contributed by atoms with van der Waals surface area (Å²) in [5.41, 5.74) is 2.82. The van der Waals surface area contributed by atoms with Crippen LogP contribution in [0.25, 0.3) is 0 Å². The number of aliphatic hydroxyl groups excluding tert-OH is 1. The van der Waals surface area contributed by atoms with Crippen LogP contribution in [0, 0.1) is 5.92 Å². The Labute approximate surface area is 153 Å². The maximum Gasteiger partial charge on any atom is 0.389 e. The normalized spacial score (nSPS) is 26.1. The minimum atomic E-state index is -4.17. The van der Waals surface area contributed by atoms with Crippen molar-refractivity contribution in [3.05, 3.63) is 28.8 Å². The number of rotatable bonds is 5. The molecule has 1 fully saturated rings. The summed E-state index contributed by atoms with van der Waals surface area (Å²) in [6, 6.07) is 4.08. The fourth-order valence-corrected chi connectivity index (χ4v) is 4.51. The van der Waals surface area contributed by atoms with E-state index in [9.17, 15) is 18.3 Å². The van der Waals surface area contributed by atoms with Crippen LogP contribution in [0.5, 0.6) is 5.75 Å². The highest BCUT2D eigenvalue weighted by molar-refractivity contribution is 5.46. The highest BCUT2D eigenvalue weighted by Gasteiger charge is 2.43. The minimum Gasteiger partial charge on any atom is -0.496 e. The lowest BCUT2D eigenvalue weighted by Gasteiger charge is -2.37. The summed E-state index contributed by atoms with van der Waals surface area (Å²) in [5.74, 6) is 1.03. The smallest absolute Gasteiger partial charge is 0.389 e. The molecule has 146 valence electrons. The SMILES string of the molecule is COc1cc2c(cc1CCC(F)(F)F)CCN1C2CC(O)[C@H]1CC(C)C. The summed E-state index contributed by atoms with van der Waals surface area (Å²) >= 11 is 0.